The number of nitrogens with zero attached hydrogens (tertiary/aromatic N) is 2. The van der Waals surface area contributed by atoms with E-state index in [9.17, 15) is 9.59 Å². The molecule has 2 saturated heterocycles. The minimum Gasteiger partial charge on any atom is -0.360 e. The van der Waals surface area contributed by atoms with Gasteiger partial charge >= 0.3 is 0 Å². The average molecular weight is 354 g/mol. The van der Waals surface area contributed by atoms with Crippen LogP contribution in [0.2, 0.25) is 0 Å². The number of likely N-dealkylation sites (tertiary alicyclic amines) is 1. The number of fused-ring (bicyclic) bond motifs is 2. The first-order chi connectivity index (χ1) is 12.7. The minimum atomic E-state index is -0.845. The molecule has 1 atom stereocenters. The van der Waals surface area contributed by atoms with Gasteiger partial charge in [-0.1, -0.05) is 0 Å². The van der Waals surface area contributed by atoms with Crippen LogP contribution >= 0.6 is 0 Å². The van der Waals surface area contributed by atoms with Crippen LogP contribution in [-0.4, -0.2) is 43.0 Å². The van der Waals surface area contributed by atoms with Crippen LogP contribution in [0.3, 0.4) is 0 Å². The van der Waals surface area contributed by atoms with Gasteiger partial charge in [0.05, 0.1) is 5.69 Å². The lowest BCUT2D eigenvalue weighted by Gasteiger charge is -2.27. The van der Waals surface area contributed by atoms with Crippen LogP contribution < -0.4 is 4.90 Å². The Kier molecular flexibility index (Phi) is 3.82. The van der Waals surface area contributed by atoms with E-state index in [2.05, 4.69) is 0 Å². The largest absolute Gasteiger partial charge is 0.360 e. The van der Waals surface area contributed by atoms with Gasteiger partial charge in [0, 0.05) is 37.4 Å². The van der Waals surface area contributed by atoms with Crippen molar-refractivity contribution >= 4 is 17.5 Å². The molecule has 3 fully saturated rings. The Labute approximate surface area is 154 Å². The molecule has 1 unspecified atom stereocenters. The molecular formula is C21H26N2O3. The average Bonchev–Trinajstić information content (AvgIpc) is 3.32. The molecule has 3 heterocycles. The predicted octanol–water partition coefficient (Wildman–Crippen LogP) is 3.08. The highest BCUT2D eigenvalue weighted by molar-refractivity contribution is 6.08. The Balaban J connectivity index is 1.51. The summed E-state index contributed by atoms with van der Waals surface area (Å²) in [4.78, 5) is 30.1. The second-order valence-electron chi connectivity index (χ2n) is 8.22. The maximum Gasteiger partial charge on any atom is 0.263 e. The highest BCUT2D eigenvalue weighted by Gasteiger charge is 2.54. The summed E-state index contributed by atoms with van der Waals surface area (Å²) in [5.41, 5.74) is 1.73. The second-order valence-corrected chi connectivity index (χ2v) is 8.22. The van der Waals surface area contributed by atoms with Crippen molar-refractivity contribution in [3.05, 3.63) is 29.3 Å². The molecular weight excluding hydrogens is 328 g/mol. The zero-order valence-corrected chi connectivity index (χ0v) is 15.2. The van der Waals surface area contributed by atoms with Gasteiger partial charge in [0.1, 0.15) is 0 Å². The summed E-state index contributed by atoms with van der Waals surface area (Å²) in [6.07, 6.45) is 7.40. The van der Waals surface area contributed by atoms with Crippen LogP contribution in [-0.2, 0) is 15.1 Å². The van der Waals surface area contributed by atoms with E-state index in [0.29, 0.717) is 18.1 Å². The fourth-order valence-corrected chi connectivity index (χ4v) is 4.71. The molecule has 1 spiro atoms. The van der Waals surface area contributed by atoms with E-state index < -0.39 is 5.60 Å². The Hall–Kier alpha value is -1.88. The van der Waals surface area contributed by atoms with Crippen molar-refractivity contribution in [3.63, 3.8) is 0 Å². The van der Waals surface area contributed by atoms with Gasteiger partial charge in [-0.25, -0.2) is 0 Å². The third-order valence-electron chi connectivity index (χ3n) is 6.36. The van der Waals surface area contributed by atoms with Crippen molar-refractivity contribution in [1.29, 1.82) is 0 Å². The summed E-state index contributed by atoms with van der Waals surface area (Å²) in [7, 11) is 0. The molecule has 1 aliphatic carbocycles. The maximum absolute atomic E-state index is 13.2. The van der Waals surface area contributed by atoms with E-state index in [1.54, 1.807) is 0 Å². The van der Waals surface area contributed by atoms with Crippen LogP contribution in [0.1, 0.15) is 60.9 Å². The third kappa shape index (κ3) is 2.48. The van der Waals surface area contributed by atoms with Gasteiger partial charge in [-0.2, -0.15) is 0 Å². The molecule has 3 aliphatic heterocycles. The van der Waals surface area contributed by atoms with E-state index in [1.165, 1.54) is 19.3 Å². The van der Waals surface area contributed by atoms with Crippen LogP contribution in [0, 0.1) is 5.92 Å². The molecule has 2 amide bonds. The molecule has 1 aromatic rings. The standard InChI is InChI=1S/C21H26N2O3/c24-19(22-10-2-1-3-11-22)16-7-8-18-17(13-16)21(9-4-12-26-21)20(25)23(18)14-15-5-6-15/h7-8,13,15H,1-6,9-12,14H2. The highest BCUT2D eigenvalue weighted by atomic mass is 16.5. The molecule has 0 aromatic heterocycles. The first-order valence-corrected chi connectivity index (χ1v) is 10.1. The van der Waals surface area contributed by atoms with Gasteiger partial charge in [-0.15, -0.1) is 0 Å². The number of piperidine rings is 1. The highest BCUT2D eigenvalue weighted by Crippen LogP contribution is 2.49. The lowest BCUT2D eigenvalue weighted by atomic mass is 9.91. The molecule has 0 N–H and O–H groups in total. The SMILES string of the molecule is O=C(c1ccc2c(c1)C1(CCCO1)C(=O)N2CC1CC1)N1CCCCC1. The van der Waals surface area contributed by atoms with Crippen molar-refractivity contribution < 1.29 is 14.3 Å². The molecule has 5 heteroatoms. The number of anilines is 1. The van der Waals surface area contributed by atoms with E-state index >= 15 is 0 Å². The maximum atomic E-state index is 13.2. The lowest BCUT2D eigenvalue weighted by molar-refractivity contribution is -0.137. The Morgan fingerprint density at radius 3 is 2.65 bits per heavy atom. The molecule has 138 valence electrons. The minimum absolute atomic E-state index is 0.0828. The zero-order chi connectivity index (χ0) is 17.7. The molecule has 5 rings (SSSR count). The number of rotatable bonds is 3. The molecule has 1 saturated carbocycles. The Morgan fingerprint density at radius 2 is 1.96 bits per heavy atom. The number of carbonyl (C=O) groups excluding carboxylic acids is 2. The predicted molar refractivity (Wildman–Crippen MR) is 98.1 cm³/mol. The first-order valence-electron chi connectivity index (χ1n) is 10.1. The van der Waals surface area contributed by atoms with Gasteiger partial charge in [0.2, 0.25) is 0 Å². The van der Waals surface area contributed by atoms with Gasteiger partial charge in [-0.3, -0.25) is 9.59 Å². The summed E-state index contributed by atoms with van der Waals surface area (Å²) in [5, 5.41) is 0. The van der Waals surface area contributed by atoms with Gasteiger partial charge in [-0.05, 0) is 69.1 Å². The van der Waals surface area contributed by atoms with Gasteiger partial charge < -0.3 is 14.5 Å². The van der Waals surface area contributed by atoms with Crippen molar-refractivity contribution in [3.8, 4) is 0 Å². The molecule has 0 radical (unpaired) electrons. The summed E-state index contributed by atoms with van der Waals surface area (Å²) in [6.45, 7) is 3.08. The molecule has 26 heavy (non-hydrogen) atoms. The quantitative estimate of drug-likeness (QED) is 0.838. The topological polar surface area (TPSA) is 49.9 Å². The Bertz CT molecular complexity index is 744. The van der Waals surface area contributed by atoms with Crippen molar-refractivity contribution in [2.45, 2.75) is 50.5 Å². The van der Waals surface area contributed by atoms with Crippen LogP contribution in [0.25, 0.3) is 0 Å². The number of amides is 2. The summed E-state index contributed by atoms with van der Waals surface area (Å²) < 4.78 is 6.04. The van der Waals surface area contributed by atoms with Crippen LogP contribution in [0.15, 0.2) is 18.2 Å². The summed E-state index contributed by atoms with van der Waals surface area (Å²) in [5.74, 6) is 0.797. The third-order valence-corrected chi connectivity index (χ3v) is 6.36. The van der Waals surface area contributed by atoms with Crippen LogP contribution in [0.4, 0.5) is 5.69 Å². The van der Waals surface area contributed by atoms with E-state index in [1.807, 2.05) is 28.0 Å². The van der Waals surface area contributed by atoms with Crippen molar-refractivity contribution in [2.75, 3.05) is 31.1 Å². The normalized spacial score (nSPS) is 28.1. The lowest BCUT2D eigenvalue weighted by Crippen LogP contribution is -2.40. The monoisotopic (exact) mass is 354 g/mol. The zero-order valence-electron chi connectivity index (χ0n) is 15.2. The van der Waals surface area contributed by atoms with Gasteiger partial charge in [0.25, 0.3) is 11.8 Å². The molecule has 1 aromatic carbocycles. The Morgan fingerprint density at radius 1 is 1.15 bits per heavy atom. The number of benzene rings is 1. The summed E-state index contributed by atoms with van der Waals surface area (Å²) in [6, 6.07) is 5.82. The molecule has 5 nitrogen and oxygen atoms in total. The van der Waals surface area contributed by atoms with Crippen molar-refractivity contribution in [2.24, 2.45) is 5.92 Å². The smallest absolute Gasteiger partial charge is 0.263 e. The van der Waals surface area contributed by atoms with Crippen molar-refractivity contribution in [1.82, 2.24) is 4.90 Å². The van der Waals surface area contributed by atoms with E-state index in [4.69, 9.17) is 4.74 Å². The van der Waals surface area contributed by atoms with Crippen LogP contribution in [0.5, 0.6) is 0 Å². The first kappa shape index (κ1) is 16.3. The number of hydrogen-bond acceptors (Lipinski definition) is 3. The molecule has 4 aliphatic rings. The number of carbonyl (C=O) groups is 2. The van der Waals surface area contributed by atoms with E-state index in [0.717, 1.165) is 56.6 Å². The number of hydrogen-bond donors (Lipinski definition) is 0. The molecule has 0 bridgehead atoms. The van der Waals surface area contributed by atoms with Gasteiger partial charge in [0.15, 0.2) is 5.60 Å². The number of ether oxygens (including phenoxy) is 1. The summed E-state index contributed by atoms with van der Waals surface area (Å²) >= 11 is 0. The fourth-order valence-electron chi connectivity index (χ4n) is 4.71. The van der Waals surface area contributed by atoms with E-state index in [-0.39, 0.29) is 11.8 Å². The fraction of sp³-hybridized carbons (Fsp3) is 0.619. The second kappa shape index (κ2) is 6.08.